The van der Waals surface area contributed by atoms with Gasteiger partial charge in [-0.05, 0) is 46.8 Å². The van der Waals surface area contributed by atoms with E-state index < -0.39 is 0 Å². The molecule has 0 saturated heterocycles. The third-order valence-electron chi connectivity index (χ3n) is 3.02. The zero-order valence-electron chi connectivity index (χ0n) is 11.0. The predicted octanol–water partition coefficient (Wildman–Crippen LogP) is 1.73. The fraction of sp³-hybridized carbons (Fsp3) is 1.00. The Hall–Kier alpha value is -0.120. The fourth-order valence-corrected chi connectivity index (χ4v) is 1.70. The van der Waals surface area contributed by atoms with Gasteiger partial charge in [0.05, 0.1) is 6.61 Å². The molecule has 92 valence electrons. The van der Waals surface area contributed by atoms with Gasteiger partial charge in [0, 0.05) is 19.2 Å². The second-order valence-electron chi connectivity index (χ2n) is 4.31. The molecule has 3 heteroatoms. The molecule has 0 bridgehead atoms. The molecule has 0 aromatic rings. The Kier molecular flexibility index (Phi) is 9.06. The number of nitrogens with one attached hydrogen (secondary N) is 1. The first-order valence-electron chi connectivity index (χ1n) is 6.05. The number of likely N-dealkylation sites (N-methyl/N-ethyl adjacent to an activating group) is 1. The lowest BCUT2D eigenvalue weighted by molar-refractivity contribution is 0.0908. The standard InChI is InChI=1S/C12H28N2O/c1-6-13-9-7-8-11(2)14(4)12(3)10-15-5/h11-13H,6-10H2,1-5H3. The van der Waals surface area contributed by atoms with Crippen molar-refractivity contribution in [2.45, 2.75) is 45.7 Å². The molecule has 0 rings (SSSR count). The van der Waals surface area contributed by atoms with Crippen LogP contribution in [0.4, 0.5) is 0 Å². The van der Waals surface area contributed by atoms with Crippen LogP contribution in [-0.2, 0) is 4.74 Å². The molecule has 0 aromatic heterocycles. The summed E-state index contributed by atoms with van der Waals surface area (Å²) >= 11 is 0. The van der Waals surface area contributed by atoms with E-state index in [1.165, 1.54) is 12.8 Å². The summed E-state index contributed by atoms with van der Waals surface area (Å²) < 4.78 is 5.16. The van der Waals surface area contributed by atoms with E-state index in [2.05, 4.69) is 38.0 Å². The number of rotatable bonds is 9. The van der Waals surface area contributed by atoms with Gasteiger partial charge < -0.3 is 10.1 Å². The lowest BCUT2D eigenvalue weighted by Gasteiger charge is -2.30. The van der Waals surface area contributed by atoms with Crippen LogP contribution >= 0.6 is 0 Å². The van der Waals surface area contributed by atoms with E-state index in [9.17, 15) is 0 Å². The van der Waals surface area contributed by atoms with Crippen molar-refractivity contribution in [1.82, 2.24) is 10.2 Å². The van der Waals surface area contributed by atoms with Crippen molar-refractivity contribution in [2.75, 3.05) is 33.9 Å². The van der Waals surface area contributed by atoms with Crippen molar-refractivity contribution >= 4 is 0 Å². The van der Waals surface area contributed by atoms with Gasteiger partial charge in [-0.25, -0.2) is 0 Å². The van der Waals surface area contributed by atoms with Gasteiger partial charge in [-0.1, -0.05) is 6.92 Å². The quantitative estimate of drug-likeness (QED) is 0.594. The summed E-state index contributed by atoms with van der Waals surface area (Å²) in [4.78, 5) is 2.40. The van der Waals surface area contributed by atoms with E-state index in [1.54, 1.807) is 7.11 Å². The Bertz CT molecular complexity index is 142. The summed E-state index contributed by atoms with van der Waals surface area (Å²) in [6, 6.07) is 1.14. The first kappa shape index (κ1) is 14.9. The van der Waals surface area contributed by atoms with Crippen molar-refractivity contribution < 1.29 is 4.74 Å². The van der Waals surface area contributed by atoms with Crippen LogP contribution in [0.5, 0.6) is 0 Å². The van der Waals surface area contributed by atoms with Gasteiger partial charge in [-0.3, -0.25) is 4.90 Å². The van der Waals surface area contributed by atoms with Crippen LogP contribution in [0.15, 0.2) is 0 Å². The minimum Gasteiger partial charge on any atom is -0.383 e. The van der Waals surface area contributed by atoms with Crippen molar-refractivity contribution in [3.8, 4) is 0 Å². The Morgan fingerprint density at radius 1 is 1.27 bits per heavy atom. The van der Waals surface area contributed by atoms with Gasteiger partial charge in [-0.2, -0.15) is 0 Å². The number of hydrogen-bond acceptors (Lipinski definition) is 3. The summed E-state index contributed by atoms with van der Waals surface area (Å²) in [6.45, 7) is 9.67. The van der Waals surface area contributed by atoms with Crippen LogP contribution in [0.1, 0.15) is 33.6 Å². The highest BCUT2D eigenvalue weighted by atomic mass is 16.5. The molecule has 0 heterocycles. The Labute approximate surface area is 95.2 Å². The second-order valence-corrected chi connectivity index (χ2v) is 4.31. The maximum absolute atomic E-state index is 5.16. The highest BCUT2D eigenvalue weighted by Gasteiger charge is 2.14. The topological polar surface area (TPSA) is 24.5 Å². The zero-order chi connectivity index (χ0) is 11.7. The van der Waals surface area contributed by atoms with Gasteiger partial charge in [0.15, 0.2) is 0 Å². The van der Waals surface area contributed by atoms with Crippen LogP contribution in [0.25, 0.3) is 0 Å². The molecule has 1 N–H and O–H groups in total. The fourth-order valence-electron chi connectivity index (χ4n) is 1.70. The molecule has 0 amide bonds. The van der Waals surface area contributed by atoms with E-state index in [1.807, 2.05) is 0 Å². The van der Waals surface area contributed by atoms with Gasteiger partial charge >= 0.3 is 0 Å². The minimum absolute atomic E-state index is 0.504. The largest absolute Gasteiger partial charge is 0.383 e. The molecule has 2 atom stereocenters. The third kappa shape index (κ3) is 6.88. The SMILES string of the molecule is CCNCCCC(C)N(C)C(C)COC. The van der Waals surface area contributed by atoms with Gasteiger partial charge in [-0.15, -0.1) is 0 Å². The predicted molar refractivity (Wildman–Crippen MR) is 66.3 cm³/mol. The first-order chi connectivity index (χ1) is 7.13. The van der Waals surface area contributed by atoms with Crippen LogP contribution in [0, 0.1) is 0 Å². The molecule has 15 heavy (non-hydrogen) atoms. The highest BCUT2D eigenvalue weighted by Crippen LogP contribution is 2.08. The van der Waals surface area contributed by atoms with E-state index in [0.717, 1.165) is 19.7 Å². The summed E-state index contributed by atoms with van der Waals surface area (Å²) in [5.41, 5.74) is 0. The van der Waals surface area contributed by atoms with Crippen LogP contribution in [0.2, 0.25) is 0 Å². The Morgan fingerprint density at radius 2 is 1.93 bits per heavy atom. The monoisotopic (exact) mass is 216 g/mol. The number of nitrogens with zero attached hydrogens (tertiary/aromatic N) is 1. The number of hydrogen-bond donors (Lipinski definition) is 1. The molecule has 0 aromatic carbocycles. The zero-order valence-corrected chi connectivity index (χ0v) is 11.0. The van der Waals surface area contributed by atoms with Gasteiger partial charge in [0.1, 0.15) is 0 Å². The maximum Gasteiger partial charge on any atom is 0.0615 e. The molecule has 2 unspecified atom stereocenters. The van der Waals surface area contributed by atoms with E-state index in [0.29, 0.717) is 12.1 Å². The van der Waals surface area contributed by atoms with Crippen molar-refractivity contribution in [3.63, 3.8) is 0 Å². The average molecular weight is 216 g/mol. The summed E-state index contributed by atoms with van der Waals surface area (Å²) in [5, 5.41) is 3.35. The molecule has 0 fully saturated rings. The van der Waals surface area contributed by atoms with Crippen LogP contribution in [-0.4, -0.2) is 50.8 Å². The lowest BCUT2D eigenvalue weighted by Crippen LogP contribution is -2.39. The van der Waals surface area contributed by atoms with Crippen molar-refractivity contribution in [2.24, 2.45) is 0 Å². The van der Waals surface area contributed by atoms with Gasteiger partial charge in [0.25, 0.3) is 0 Å². The molecule has 0 radical (unpaired) electrons. The molecule has 0 aliphatic rings. The Morgan fingerprint density at radius 3 is 2.47 bits per heavy atom. The smallest absolute Gasteiger partial charge is 0.0615 e. The normalized spacial score (nSPS) is 15.6. The number of methoxy groups -OCH3 is 1. The molecule has 0 aliphatic carbocycles. The van der Waals surface area contributed by atoms with Crippen LogP contribution < -0.4 is 5.32 Å². The molecule has 0 spiro atoms. The van der Waals surface area contributed by atoms with Crippen molar-refractivity contribution in [1.29, 1.82) is 0 Å². The van der Waals surface area contributed by atoms with Gasteiger partial charge in [0.2, 0.25) is 0 Å². The highest BCUT2D eigenvalue weighted by molar-refractivity contribution is 4.70. The average Bonchev–Trinajstić information content (AvgIpc) is 2.23. The summed E-state index contributed by atoms with van der Waals surface area (Å²) in [6.07, 6.45) is 2.50. The summed E-state index contributed by atoms with van der Waals surface area (Å²) in [5.74, 6) is 0. The molecule has 0 saturated carbocycles. The Balaban J connectivity index is 3.63. The minimum atomic E-state index is 0.504. The van der Waals surface area contributed by atoms with E-state index in [-0.39, 0.29) is 0 Å². The molecular formula is C12H28N2O. The van der Waals surface area contributed by atoms with Crippen LogP contribution in [0.3, 0.4) is 0 Å². The first-order valence-corrected chi connectivity index (χ1v) is 6.05. The molecule has 3 nitrogen and oxygen atoms in total. The lowest BCUT2D eigenvalue weighted by atomic mass is 10.1. The van der Waals surface area contributed by atoms with E-state index in [4.69, 9.17) is 4.74 Å². The third-order valence-corrected chi connectivity index (χ3v) is 3.02. The van der Waals surface area contributed by atoms with Crippen molar-refractivity contribution in [3.05, 3.63) is 0 Å². The second kappa shape index (κ2) is 9.13. The molecule has 0 aliphatic heterocycles. The number of ether oxygens (including phenoxy) is 1. The summed E-state index contributed by atoms with van der Waals surface area (Å²) in [7, 11) is 3.95. The maximum atomic E-state index is 5.16. The molecular weight excluding hydrogens is 188 g/mol. The van der Waals surface area contributed by atoms with E-state index >= 15 is 0 Å².